The molecule has 2 amide bonds. The maximum absolute atomic E-state index is 13.5. The Morgan fingerprint density at radius 2 is 1.68 bits per heavy atom. The molecule has 28 heavy (non-hydrogen) atoms. The van der Waals surface area contributed by atoms with Crippen molar-refractivity contribution in [2.24, 2.45) is 0 Å². The van der Waals surface area contributed by atoms with Crippen molar-refractivity contribution in [3.63, 3.8) is 0 Å². The lowest BCUT2D eigenvalue weighted by atomic mass is 10.1. The van der Waals surface area contributed by atoms with Gasteiger partial charge in [0.15, 0.2) is 11.9 Å². The maximum Gasteiger partial charge on any atom is 0.326 e. The summed E-state index contributed by atoms with van der Waals surface area (Å²) in [6, 6.07) is 11.6. The van der Waals surface area contributed by atoms with Crippen LogP contribution in [0.15, 0.2) is 48.5 Å². The molecule has 0 saturated heterocycles. The van der Waals surface area contributed by atoms with Crippen LogP contribution in [-0.4, -0.2) is 36.2 Å². The Hall–Kier alpha value is -3.55. The van der Waals surface area contributed by atoms with Crippen molar-refractivity contribution < 1.29 is 28.3 Å². The molecule has 0 aromatic heterocycles. The number of carbonyl (C=O) groups is 4. The minimum Gasteiger partial charge on any atom is -0.451 e. The van der Waals surface area contributed by atoms with Gasteiger partial charge in [-0.1, -0.05) is 12.1 Å². The van der Waals surface area contributed by atoms with E-state index in [2.05, 4.69) is 10.6 Å². The first kappa shape index (κ1) is 20.8. The number of ketones is 1. The van der Waals surface area contributed by atoms with Crippen molar-refractivity contribution in [1.82, 2.24) is 5.32 Å². The Kier molecular flexibility index (Phi) is 6.97. The Morgan fingerprint density at radius 3 is 2.29 bits per heavy atom. The molecule has 0 aliphatic rings. The van der Waals surface area contributed by atoms with E-state index in [-0.39, 0.29) is 11.3 Å². The first-order chi connectivity index (χ1) is 13.3. The molecule has 2 N–H and O–H groups in total. The molecule has 0 bridgehead atoms. The molecule has 1 unspecified atom stereocenters. The largest absolute Gasteiger partial charge is 0.451 e. The lowest BCUT2D eigenvalue weighted by molar-refractivity contribution is -0.152. The fourth-order valence-electron chi connectivity index (χ4n) is 2.22. The predicted octanol–water partition coefficient (Wildman–Crippen LogP) is 2.33. The molecule has 2 aromatic rings. The number of anilines is 1. The predicted molar refractivity (Wildman–Crippen MR) is 99.4 cm³/mol. The van der Waals surface area contributed by atoms with Crippen molar-refractivity contribution >= 4 is 29.3 Å². The summed E-state index contributed by atoms with van der Waals surface area (Å²) < 4.78 is 18.5. The van der Waals surface area contributed by atoms with Crippen LogP contribution in [0, 0.1) is 5.82 Å². The summed E-state index contributed by atoms with van der Waals surface area (Å²) in [5.74, 6) is -3.00. The summed E-state index contributed by atoms with van der Waals surface area (Å²) in [6.07, 6.45) is -1.12. The van der Waals surface area contributed by atoms with Crippen LogP contribution in [0.1, 0.15) is 34.6 Å². The molecule has 0 fully saturated rings. The second kappa shape index (κ2) is 9.40. The van der Waals surface area contributed by atoms with Gasteiger partial charge in [-0.25, -0.2) is 4.39 Å². The second-order valence-corrected chi connectivity index (χ2v) is 5.92. The molecular formula is C20H19FN2O5. The van der Waals surface area contributed by atoms with Crippen molar-refractivity contribution in [2.75, 3.05) is 11.9 Å². The van der Waals surface area contributed by atoms with Crippen LogP contribution in [-0.2, 0) is 14.3 Å². The molecule has 0 spiro atoms. The first-order valence-corrected chi connectivity index (χ1v) is 8.42. The highest BCUT2D eigenvalue weighted by atomic mass is 19.1. The number of nitrogens with one attached hydrogen (secondary N) is 2. The van der Waals surface area contributed by atoms with E-state index in [1.54, 1.807) is 24.3 Å². The Labute approximate surface area is 160 Å². The van der Waals surface area contributed by atoms with Gasteiger partial charge in [-0.15, -0.1) is 0 Å². The average Bonchev–Trinajstić information content (AvgIpc) is 2.66. The van der Waals surface area contributed by atoms with Crippen molar-refractivity contribution in [3.8, 4) is 0 Å². The Balaban J connectivity index is 1.82. The van der Waals surface area contributed by atoms with Gasteiger partial charge in [0.25, 0.3) is 11.8 Å². The van der Waals surface area contributed by atoms with Gasteiger partial charge in [-0.05, 0) is 50.2 Å². The zero-order valence-electron chi connectivity index (χ0n) is 15.3. The highest BCUT2D eigenvalue weighted by molar-refractivity contribution is 5.98. The molecule has 0 radical (unpaired) electrons. The van der Waals surface area contributed by atoms with Gasteiger partial charge < -0.3 is 15.4 Å². The molecule has 0 saturated carbocycles. The summed E-state index contributed by atoms with van der Waals surface area (Å²) in [5.41, 5.74) is 0.740. The van der Waals surface area contributed by atoms with E-state index in [0.717, 1.165) is 6.07 Å². The number of hydrogen-bond donors (Lipinski definition) is 2. The third-order valence-electron chi connectivity index (χ3n) is 3.75. The van der Waals surface area contributed by atoms with E-state index in [0.29, 0.717) is 11.3 Å². The van der Waals surface area contributed by atoms with Crippen molar-refractivity contribution in [3.05, 3.63) is 65.5 Å². The lowest BCUT2D eigenvalue weighted by Crippen LogP contribution is -2.36. The molecule has 146 valence electrons. The lowest BCUT2D eigenvalue weighted by Gasteiger charge is -2.14. The number of rotatable bonds is 7. The minimum atomic E-state index is -1.12. The van der Waals surface area contributed by atoms with Crippen LogP contribution in [0.4, 0.5) is 10.1 Å². The number of ether oxygens (including phenoxy) is 1. The van der Waals surface area contributed by atoms with E-state index in [9.17, 15) is 23.6 Å². The Bertz CT molecular complexity index is 896. The number of amides is 2. The summed E-state index contributed by atoms with van der Waals surface area (Å²) in [5, 5.41) is 4.78. The monoisotopic (exact) mass is 386 g/mol. The number of halogens is 1. The van der Waals surface area contributed by atoms with E-state index < -0.39 is 36.2 Å². The van der Waals surface area contributed by atoms with E-state index in [1.807, 2.05) is 0 Å². The number of hydrogen-bond acceptors (Lipinski definition) is 5. The van der Waals surface area contributed by atoms with E-state index in [1.165, 1.54) is 32.0 Å². The highest BCUT2D eigenvalue weighted by Gasteiger charge is 2.19. The molecule has 8 heteroatoms. The fraction of sp³-hybridized carbons (Fsp3) is 0.200. The van der Waals surface area contributed by atoms with Crippen molar-refractivity contribution in [2.45, 2.75) is 20.0 Å². The van der Waals surface area contributed by atoms with Crippen LogP contribution in [0.2, 0.25) is 0 Å². The molecule has 0 heterocycles. The number of benzene rings is 2. The third kappa shape index (κ3) is 5.73. The number of esters is 1. The maximum atomic E-state index is 13.5. The molecular weight excluding hydrogens is 367 g/mol. The molecule has 0 aliphatic carbocycles. The first-order valence-electron chi connectivity index (χ1n) is 8.42. The zero-order valence-corrected chi connectivity index (χ0v) is 15.3. The summed E-state index contributed by atoms with van der Waals surface area (Å²) in [4.78, 5) is 47.0. The summed E-state index contributed by atoms with van der Waals surface area (Å²) in [7, 11) is 0. The molecule has 0 aliphatic heterocycles. The SMILES string of the molecule is CC(=O)c1ccc(NC(=O)C(C)OC(=O)CNC(=O)c2ccccc2F)cc1. The van der Waals surface area contributed by atoms with Crippen LogP contribution >= 0.6 is 0 Å². The van der Waals surface area contributed by atoms with Crippen molar-refractivity contribution in [1.29, 1.82) is 0 Å². The van der Waals surface area contributed by atoms with Gasteiger partial charge in [0, 0.05) is 11.3 Å². The zero-order chi connectivity index (χ0) is 20.7. The molecule has 2 rings (SSSR count). The molecule has 1 atom stereocenters. The van der Waals surface area contributed by atoms with Crippen LogP contribution in [0.25, 0.3) is 0 Å². The normalized spacial score (nSPS) is 11.2. The van der Waals surface area contributed by atoms with Crippen LogP contribution < -0.4 is 10.6 Å². The third-order valence-corrected chi connectivity index (χ3v) is 3.75. The van der Waals surface area contributed by atoms with Gasteiger partial charge >= 0.3 is 5.97 Å². The standard InChI is InChI=1S/C20H19FN2O5/c1-12(24)14-7-9-15(10-8-14)23-19(26)13(2)28-18(25)11-22-20(27)16-5-3-4-6-17(16)21/h3-10,13H,11H2,1-2H3,(H,22,27)(H,23,26). The van der Waals surface area contributed by atoms with Gasteiger partial charge in [-0.3, -0.25) is 19.2 Å². The van der Waals surface area contributed by atoms with Gasteiger partial charge in [0.1, 0.15) is 12.4 Å². The number of carbonyl (C=O) groups excluding carboxylic acids is 4. The Morgan fingerprint density at radius 1 is 1.04 bits per heavy atom. The fourth-order valence-corrected chi connectivity index (χ4v) is 2.22. The second-order valence-electron chi connectivity index (χ2n) is 5.92. The quantitative estimate of drug-likeness (QED) is 0.562. The van der Waals surface area contributed by atoms with Gasteiger partial charge in [0.05, 0.1) is 5.56 Å². The highest BCUT2D eigenvalue weighted by Crippen LogP contribution is 2.11. The molecule has 7 nitrogen and oxygen atoms in total. The van der Waals surface area contributed by atoms with E-state index >= 15 is 0 Å². The smallest absolute Gasteiger partial charge is 0.326 e. The number of Topliss-reactive ketones (excluding diaryl/α,β-unsaturated/α-hetero) is 1. The minimum absolute atomic E-state index is 0.0994. The van der Waals surface area contributed by atoms with Gasteiger partial charge in [0.2, 0.25) is 0 Å². The average molecular weight is 386 g/mol. The van der Waals surface area contributed by atoms with Crippen LogP contribution in [0.5, 0.6) is 0 Å². The van der Waals surface area contributed by atoms with E-state index in [4.69, 9.17) is 4.74 Å². The van der Waals surface area contributed by atoms with Crippen LogP contribution in [0.3, 0.4) is 0 Å². The summed E-state index contributed by atoms with van der Waals surface area (Å²) >= 11 is 0. The summed E-state index contributed by atoms with van der Waals surface area (Å²) in [6.45, 7) is 2.29. The molecule has 2 aromatic carbocycles. The van der Waals surface area contributed by atoms with Gasteiger partial charge in [-0.2, -0.15) is 0 Å². The topological polar surface area (TPSA) is 102 Å².